The number of aliphatic hydroxyl groups excluding tert-OH is 1. The molecule has 0 spiro atoms. The Bertz CT molecular complexity index is 112. The van der Waals surface area contributed by atoms with E-state index in [1.807, 2.05) is 0 Å². The van der Waals surface area contributed by atoms with Crippen LogP contribution in [0.5, 0.6) is 0 Å². The SMILES string of the molecule is Br.C.C.C.CO.O.O.O=S(=O)(O)O.[Br-].[Na+]. The molecule has 0 bridgehead atoms. The summed E-state index contributed by atoms with van der Waals surface area (Å²) >= 11 is 0. The van der Waals surface area contributed by atoms with E-state index in [1.165, 1.54) is 0 Å². The summed E-state index contributed by atoms with van der Waals surface area (Å²) in [5.74, 6) is 0. The van der Waals surface area contributed by atoms with Gasteiger partial charge in [-0.1, -0.05) is 22.3 Å². The Morgan fingerprint density at radius 1 is 0.867 bits per heavy atom. The van der Waals surface area contributed by atoms with E-state index in [0.717, 1.165) is 7.11 Å². The molecule has 0 saturated heterocycles. The Morgan fingerprint density at radius 2 is 0.867 bits per heavy atom. The van der Waals surface area contributed by atoms with Gasteiger partial charge in [-0.3, -0.25) is 9.11 Å². The van der Waals surface area contributed by atoms with Crippen molar-refractivity contribution < 1.29 is 80.1 Å². The molecule has 0 rings (SSSR count). The van der Waals surface area contributed by atoms with E-state index in [-0.39, 0.29) is 96.8 Å². The van der Waals surface area contributed by atoms with Gasteiger partial charge in [0.1, 0.15) is 0 Å². The van der Waals surface area contributed by atoms with Crippen molar-refractivity contribution in [2.24, 2.45) is 0 Å². The minimum atomic E-state index is -4.67. The Labute approximate surface area is 136 Å². The Kier molecular flexibility index (Phi) is 349. The summed E-state index contributed by atoms with van der Waals surface area (Å²) in [4.78, 5) is 0. The molecule has 0 unspecified atom stereocenters. The van der Waals surface area contributed by atoms with Gasteiger partial charge in [0, 0.05) is 7.11 Å². The Balaban J connectivity index is -0.00000000298. The summed E-state index contributed by atoms with van der Waals surface area (Å²) in [5.41, 5.74) is 0. The van der Waals surface area contributed by atoms with Crippen LogP contribution in [0.4, 0.5) is 0 Å². The van der Waals surface area contributed by atoms with Crippen molar-refractivity contribution in [2.45, 2.75) is 22.3 Å². The fraction of sp³-hybridized carbons (Fsp3) is 1.00. The molecule has 0 saturated carbocycles. The minimum Gasteiger partial charge on any atom is -1.00 e. The van der Waals surface area contributed by atoms with Crippen LogP contribution in [0.25, 0.3) is 0 Å². The van der Waals surface area contributed by atoms with Gasteiger partial charge in [-0.25, -0.2) is 0 Å². The van der Waals surface area contributed by atoms with Crippen molar-refractivity contribution in [3.63, 3.8) is 0 Å². The van der Waals surface area contributed by atoms with Crippen molar-refractivity contribution in [1.29, 1.82) is 0 Å². The summed E-state index contributed by atoms with van der Waals surface area (Å²) in [6, 6.07) is 0. The van der Waals surface area contributed by atoms with Crippen molar-refractivity contribution in [3.05, 3.63) is 0 Å². The smallest absolute Gasteiger partial charge is 1.00 e. The minimum absolute atomic E-state index is 0. The fourth-order valence-electron chi connectivity index (χ4n) is 0. The topological polar surface area (TPSA) is 158 Å². The largest absolute Gasteiger partial charge is 1.00 e. The van der Waals surface area contributed by atoms with Crippen LogP contribution in [0.3, 0.4) is 0 Å². The molecular formula is C4H23Br2NaO7S. The molecule has 11 heteroatoms. The van der Waals surface area contributed by atoms with Gasteiger partial charge in [-0.2, -0.15) is 8.42 Å². The van der Waals surface area contributed by atoms with Crippen LogP contribution in [0.2, 0.25) is 0 Å². The second-order valence-corrected chi connectivity index (χ2v) is 1.34. The summed E-state index contributed by atoms with van der Waals surface area (Å²) in [7, 11) is -3.67. The predicted octanol–water partition coefficient (Wildman–Crippen LogP) is -6.20. The maximum Gasteiger partial charge on any atom is 1.00 e. The first-order valence-electron chi connectivity index (χ1n) is 1.15. The van der Waals surface area contributed by atoms with Crippen LogP contribution in [-0.2, 0) is 10.4 Å². The number of aliphatic hydroxyl groups is 1. The molecule has 0 amide bonds. The van der Waals surface area contributed by atoms with Gasteiger partial charge < -0.3 is 33.0 Å². The van der Waals surface area contributed by atoms with Gasteiger partial charge in [0.2, 0.25) is 0 Å². The molecule has 0 heterocycles. The van der Waals surface area contributed by atoms with Gasteiger partial charge in [0.05, 0.1) is 0 Å². The van der Waals surface area contributed by atoms with Crippen molar-refractivity contribution >= 4 is 27.4 Å². The van der Waals surface area contributed by atoms with Crippen molar-refractivity contribution in [3.8, 4) is 0 Å². The molecule has 0 aromatic rings. The predicted molar refractivity (Wildman–Crippen MR) is 60.1 cm³/mol. The normalized spacial score (nSPS) is 4.27. The molecule has 15 heavy (non-hydrogen) atoms. The van der Waals surface area contributed by atoms with E-state index in [4.69, 9.17) is 22.6 Å². The molecule has 0 atom stereocenters. The van der Waals surface area contributed by atoms with E-state index in [2.05, 4.69) is 0 Å². The third-order valence-corrected chi connectivity index (χ3v) is 0. The van der Waals surface area contributed by atoms with Gasteiger partial charge in [0.25, 0.3) is 0 Å². The zero-order valence-corrected chi connectivity index (χ0v) is 12.5. The van der Waals surface area contributed by atoms with Gasteiger partial charge in [0.15, 0.2) is 0 Å². The van der Waals surface area contributed by atoms with Crippen LogP contribution < -0.4 is 46.5 Å². The maximum atomic E-state index is 8.74. The van der Waals surface area contributed by atoms with E-state index in [1.54, 1.807) is 0 Å². The first-order valence-corrected chi connectivity index (χ1v) is 2.54. The van der Waals surface area contributed by atoms with Crippen LogP contribution in [0.15, 0.2) is 0 Å². The molecule has 0 aromatic heterocycles. The fourth-order valence-corrected chi connectivity index (χ4v) is 0. The second kappa shape index (κ2) is 57.2. The van der Waals surface area contributed by atoms with E-state index < -0.39 is 10.4 Å². The first-order chi connectivity index (χ1) is 3.00. The molecule has 7 nitrogen and oxygen atoms in total. The summed E-state index contributed by atoms with van der Waals surface area (Å²) in [6.45, 7) is 0. The second-order valence-electron chi connectivity index (χ2n) is 0.448. The average molecular weight is 398 g/mol. The first kappa shape index (κ1) is 91.6. The zero-order chi connectivity index (χ0) is 6.50. The molecule has 0 aliphatic heterocycles. The van der Waals surface area contributed by atoms with Crippen LogP contribution in [0.1, 0.15) is 22.3 Å². The van der Waals surface area contributed by atoms with E-state index >= 15 is 0 Å². The van der Waals surface area contributed by atoms with E-state index in [0.29, 0.717) is 0 Å². The van der Waals surface area contributed by atoms with Crippen molar-refractivity contribution in [2.75, 3.05) is 7.11 Å². The number of hydrogen-bond donors (Lipinski definition) is 3. The van der Waals surface area contributed by atoms with Crippen LogP contribution >= 0.6 is 17.0 Å². The molecule has 0 radical (unpaired) electrons. The number of hydrogen-bond acceptors (Lipinski definition) is 3. The third-order valence-electron chi connectivity index (χ3n) is 0. The standard InChI is InChI=1S/CH4O.3CH4.2BrH.Na.H2O4S.2H2O/c1-2;;;;;;;1-5(2,3)4;;/h2H,1H3;3*1H4;2*1H;;(H2,1,2,3,4);2*1H2/q;;;;;;+1;;;/p-1. The zero-order valence-electron chi connectivity index (χ0n) is 6.35. The molecule has 102 valence electrons. The quantitative estimate of drug-likeness (QED) is 0.273. The molecule has 7 N–H and O–H groups in total. The van der Waals surface area contributed by atoms with Gasteiger partial charge >= 0.3 is 40.0 Å². The van der Waals surface area contributed by atoms with Crippen LogP contribution in [-0.4, -0.2) is 40.7 Å². The third kappa shape index (κ3) is 1010. The Hall–Kier alpha value is 1.71. The average Bonchev–Trinajstić information content (AvgIpc) is 1.36. The van der Waals surface area contributed by atoms with Gasteiger partial charge in [-0.15, -0.1) is 17.0 Å². The summed E-state index contributed by atoms with van der Waals surface area (Å²) in [5, 5.41) is 7.00. The maximum absolute atomic E-state index is 8.74. The van der Waals surface area contributed by atoms with Gasteiger partial charge in [-0.05, 0) is 0 Å². The molecule has 0 aliphatic carbocycles. The summed E-state index contributed by atoms with van der Waals surface area (Å²) in [6.07, 6.45) is 0. The molecule has 0 fully saturated rings. The summed E-state index contributed by atoms with van der Waals surface area (Å²) < 4.78 is 31.6. The molecular weight excluding hydrogens is 375 g/mol. The number of halogens is 2. The van der Waals surface area contributed by atoms with Crippen molar-refractivity contribution in [1.82, 2.24) is 0 Å². The molecule has 0 aromatic carbocycles. The Morgan fingerprint density at radius 3 is 0.867 bits per heavy atom. The van der Waals surface area contributed by atoms with Crippen LogP contribution in [0, 0.1) is 0 Å². The molecule has 0 aliphatic rings. The van der Waals surface area contributed by atoms with E-state index in [9.17, 15) is 0 Å². The number of rotatable bonds is 0. The monoisotopic (exact) mass is 396 g/mol.